The van der Waals surface area contributed by atoms with Crippen LogP contribution in [0.2, 0.25) is 0 Å². The molecule has 0 aromatic heterocycles. The third-order valence-corrected chi connectivity index (χ3v) is 3.71. The zero-order valence-electron chi connectivity index (χ0n) is 9.75. The van der Waals surface area contributed by atoms with Crippen LogP contribution in [0.25, 0.3) is 0 Å². The average Bonchev–Trinajstić information content (AvgIpc) is 2.66. The van der Waals surface area contributed by atoms with Gasteiger partial charge in [0.15, 0.2) is 0 Å². The number of hydrogen-bond donors (Lipinski definition) is 1. The van der Waals surface area contributed by atoms with Gasteiger partial charge >= 0.3 is 0 Å². The highest BCUT2D eigenvalue weighted by Gasteiger charge is 2.23. The first-order valence-corrected chi connectivity index (χ1v) is 6.72. The molecule has 1 atom stereocenters. The summed E-state index contributed by atoms with van der Waals surface area (Å²) < 4.78 is 1.18. The summed E-state index contributed by atoms with van der Waals surface area (Å²) in [5.74, 6) is 0. The van der Waals surface area contributed by atoms with Crippen LogP contribution in [0.1, 0.15) is 18.4 Å². The molecule has 2 rings (SSSR count). The molecule has 0 aliphatic carbocycles. The SMILES string of the molecule is CNCC1CCCN1Cc1cccc(Br)c1. The number of nitrogens with one attached hydrogen (secondary N) is 1. The molecule has 1 N–H and O–H groups in total. The number of halogens is 1. The predicted octanol–water partition coefficient (Wildman–Crippen LogP) is 2.63. The van der Waals surface area contributed by atoms with Crippen LogP contribution in [0.4, 0.5) is 0 Å². The van der Waals surface area contributed by atoms with E-state index in [0.29, 0.717) is 6.04 Å². The minimum Gasteiger partial charge on any atom is -0.318 e. The van der Waals surface area contributed by atoms with E-state index in [4.69, 9.17) is 0 Å². The molecule has 1 aliphatic rings. The quantitative estimate of drug-likeness (QED) is 0.914. The zero-order valence-corrected chi connectivity index (χ0v) is 11.3. The van der Waals surface area contributed by atoms with Gasteiger partial charge in [-0.15, -0.1) is 0 Å². The van der Waals surface area contributed by atoms with Crippen LogP contribution in [0, 0.1) is 0 Å². The molecule has 0 amide bonds. The Labute approximate surface area is 106 Å². The van der Waals surface area contributed by atoms with Crippen LogP contribution >= 0.6 is 15.9 Å². The summed E-state index contributed by atoms with van der Waals surface area (Å²) >= 11 is 3.53. The molecule has 1 heterocycles. The summed E-state index contributed by atoms with van der Waals surface area (Å²) in [7, 11) is 2.04. The fourth-order valence-corrected chi connectivity index (χ4v) is 2.89. The summed E-state index contributed by atoms with van der Waals surface area (Å²) in [6.07, 6.45) is 2.66. The first kappa shape index (κ1) is 12.1. The number of likely N-dealkylation sites (N-methyl/N-ethyl adjacent to an activating group) is 1. The van der Waals surface area contributed by atoms with Crippen molar-refractivity contribution in [2.45, 2.75) is 25.4 Å². The maximum atomic E-state index is 3.53. The minimum absolute atomic E-state index is 0.712. The van der Waals surface area contributed by atoms with E-state index in [2.05, 4.69) is 50.4 Å². The van der Waals surface area contributed by atoms with Gasteiger partial charge in [-0.25, -0.2) is 0 Å². The van der Waals surface area contributed by atoms with Gasteiger partial charge in [-0.3, -0.25) is 4.90 Å². The van der Waals surface area contributed by atoms with Gasteiger partial charge in [0.25, 0.3) is 0 Å². The summed E-state index contributed by atoms with van der Waals surface area (Å²) in [6, 6.07) is 9.33. The molecule has 2 nitrogen and oxygen atoms in total. The molecule has 0 spiro atoms. The molecule has 0 bridgehead atoms. The smallest absolute Gasteiger partial charge is 0.0237 e. The summed E-state index contributed by atoms with van der Waals surface area (Å²) in [5.41, 5.74) is 1.40. The first-order chi connectivity index (χ1) is 7.79. The molecule has 1 unspecified atom stereocenters. The molecule has 0 saturated carbocycles. The molecule has 3 heteroatoms. The van der Waals surface area contributed by atoms with Gasteiger partial charge in [0.05, 0.1) is 0 Å². The normalized spacial score (nSPS) is 21.5. The zero-order chi connectivity index (χ0) is 11.4. The molecule has 0 radical (unpaired) electrons. The van der Waals surface area contributed by atoms with E-state index >= 15 is 0 Å². The molecule has 1 saturated heterocycles. The van der Waals surface area contributed by atoms with E-state index in [1.54, 1.807) is 0 Å². The van der Waals surface area contributed by atoms with Crippen molar-refractivity contribution in [2.75, 3.05) is 20.1 Å². The average molecular weight is 283 g/mol. The molecule has 1 fully saturated rings. The van der Waals surface area contributed by atoms with E-state index in [9.17, 15) is 0 Å². The Balaban J connectivity index is 1.98. The van der Waals surface area contributed by atoms with Gasteiger partial charge in [-0.2, -0.15) is 0 Å². The molecule has 1 aromatic rings. The van der Waals surface area contributed by atoms with Gasteiger partial charge in [0, 0.05) is 23.6 Å². The Hall–Kier alpha value is -0.380. The maximum Gasteiger partial charge on any atom is 0.0237 e. The van der Waals surface area contributed by atoms with E-state index in [1.165, 1.54) is 29.4 Å². The van der Waals surface area contributed by atoms with Gasteiger partial charge in [-0.1, -0.05) is 28.1 Å². The fourth-order valence-electron chi connectivity index (χ4n) is 2.44. The highest BCUT2D eigenvalue weighted by atomic mass is 79.9. The first-order valence-electron chi connectivity index (χ1n) is 5.92. The summed E-state index contributed by atoms with van der Waals surface area (Å²) in [4.78, 5) is 2.58. The summed E-state index contributed by atoms with van der Waals surface area (Å²) in [5, 5.41) is 3.29. The van der Waals surface area contributed by atoms with Crippen molar-refractivity contribution < 1.29 is 0 Å². The van der Waals surface area contributed by atoms with Crippen molar-refractivity contribution in [2.24, 2.45) is 0 Å². The van der Waals surface area contributed by atoms with Crippen LogP contribution in [-0.2, 0) is 6.54 Å². The van der Waals surface area contributed by atoms with E-state index in [0.717, 1.165) is 13.1 Å². The predicted molar refractivity (Wildman–Crippen MR) is 71.5 cm³/mol. The second kappa shape index (κ2) is 5.80. The molecular weight excluding hydrogens is 264 g/mol. The van der Waals surface area contributed by atoms with Crippen molar-refractivity contribution in [1.82, 2.24) is 10.2 Å². The Bertz CT molecular complexity index is 340. The molecule has 88 valence electrons. The van der Waals surface area contributed by atoms with E-state index in [1.807, 2.05) is 7.05 Å². The third kappa shape index (κ3) is 3.06. The number of benzene rings is 1. The van der Waals surface area contributed by atoms with Crippen molar-refractivity contribution in [3.63, 3.8) is 0 Å². The number of hydrogen-bond acceptors (Lipinski definition) is 2. The molecular formula is C13H19BrN2. The third-order valence-electron chi connectivity index (χ3n) is 3.21. The number of rotatable bonds is 4. The van der Waals surface area contributed by atoms with Crippen molar-refractivity contribution in [3.8, 4) is 0 Å². The van der Waals surface area contributed by atoms with Gasteiger partial charge in [0.2, 0.25) is 0 Å². The Kier molecular flexibility index (Phi) is 4.38. The maximum absolute atomic E-state index is 3.53. The second-order valence-corrected chi connectivity index (χ2v) is 5.37. The van der Waals surface area contributed by atoms with Gasteiger partial charge < -0.3 is 5.32 Å². The lowest BCUT2D eigenvalue weighted by Crippen LogP contribution is -2.36. The minimum atomic E-state index is 0.712. The lowest BCUT2D eigenvalue weighted by molar-refractivity contribution is 0.242. The second-order valence-electron chi connectivity index (χ2n) is 4.45. The van der Waals surface area contributed by atoms with E-state index in [-0.39, 0.29) is 0 Å². The van der Waals surface area contributed by atoms with Crippen molar-refractivity contribution in [3.05, 3.63) is 34.3 Å². The summed E-state index contributed by atoms with van der Waals surface area (Å²) in [6.45, 7) is 3.42. The van der Waals surface area contributed by atoms with Crippen LogP contribution < -0.4 is 5.32 Å². The topological polar surface area (TPSA) is 15.3 Å². The monoisotopic (exact) mass is 282 g/mol. The van der Waals surface area contributed by atoms with Gasteiger partial charge in [0.1, 0.15) is 0 Å². The molecule has 1 aliphatic heterocycles. The highest BCUT2D eigenvalue weighted by molar-refractivity contribution is 9.10. The van der Waals surface area contributed by atoms with Crippen molar-refractivity contribution in [1.29, 1.82) is 0 Å². The lowest BCUT2D eigenvalue weighted by atomic mass is 10.2. The Morgan fingerprint density at radius 1 is 1.50 bits per heavy atom. The molecule has 16 heavy (non-hydrogen) atoms. The van der Waals surface area contributed by atoms with Crippen LogP contribution in [0.15, 0.2) is 28.7 Å². The Morgan fingerprint density at radius 2 is 2.38 bits per heavy atom. The van der Waals surface area contributed by atoms with Crippen LogP contribution in [0.5, 0.6) is 0 Å². The standard InChI is InChI=1S/C13H19BrN2/c1-15-9-13-6-3-7-16(13)10-11-4-2-5-12(14)8-11/h2,4-5,8,13,15H,3,6-7,9-10H2,1H3. The Morgan fingerprint density at radius 3 is 3.12 bits per heavy atom. The van der Waals surface area contributed by atoms with Gasteiger partial charge in [-0.05, 0) is 44.1 Å². The number of likely N-dealkylation sites (tertiary alicyclic amines) is 1. The van der Waals surface area contributed by atoms with Crippen LogP contribution in [-0.4, -0.2) is 31.1 Å². The highest BCUT2D eigenvalue weighted by Crippen LogP contribution is 2.21. The van der Waals surface area contributed by atoms with Crippen molar-refractivity contribution >= 4 is 15.9 Å². The largest absolute Gasteiger partial charge is 0.318 e. The fraction of sp³-hybridized carbons (Fsp3) is 0.538. The number of nitrogens with zero attached hydrogens (tertiary/aromatic N) is 1. The van der Waals surface area contributed by atoms with E-state index < -0.39 is 0 Å². The van der Waals surface area contributed by atoms with Crippen LogP contribution in [0.3, 0.4) is 0 Å². The lowest BCUT2D eigenvalue weighted by Gasteiger charge is -2.24. The molecule has 1 aromatic carbocycles.